The van der Waals surface area contributed by atoms with Gasteiger partial charge >= 0.3 is 0 Å². The Morgan fingerprint density at radius 1 is 1.44 bits per heavy atom. The maximum absolute atomic E-state index is 11.4. The fourth-order valence-corrected chi connectivity index (χ4v) is 1.70. The van der Waals surface area contributed by atoms with Gasteiger partial charge in [-0.05, 0) is 34.1 Å². The predicted octanol–water partition coefficient (Wildman–Crippen LogP) is 2.43. The van der Waals surface area contributed by atoms with Crippen molar-refractivity contribution < 1.29 is 14.3 Å². The largest absolute Gasteiger partial charge is 0.496 e. The highest BCUT2D eigenvalue weighted by molar-refractivity contribution is 9.10. The van der Waals surface area contributed by atoms with Gasteiger partial charge < -0.3 is 14.8 Å². The van der Waals surface area contributed by atoms with E-state index in [0.717, 1.165) is 15.9 Å². The Labute approximate surface area is 103 Å². The molecule has 1 rings (SSSR count). The zero-order valence-electron chi connectivity index (χ0n) is 9.25. The molecule has 1 amide bonds. The molecule has 88 valence electrons. The molecule has 1 aromatic rings. The molecule has 0 atom stereocenters. The molecule has 0 bridgehead atoms. The quantitative estimate of drug-likeness (QED) is 0.905. The summed E-state index contributed by atoms with van der Waals surface area (Å²) in [6.07, 6.45) is 0.347. The van der Waals surface area contributed by atoms with Gasteiger partial charge in [-0.1, -0.05) is 0 Å². The molecule has 0 aliphatic rings. The number of anilines is 1. The number of ether oxygens (including phenoxy) is 2. The molecule has 0 saturated carbocycles. The van der Waals surface area contributed by atoms with Crippen LogP contribution in [0.4, 0.5) is 5.69 Å². The molecule has 1 N–H and O–H groups in total. The molecule has 0 fully saturated rings. The highest BCUT2D eigenvalue weighted by Gasteiger charge is 2.04. The molecular weight excluding hydrogens is 274 g/mol. The van der Waals surface area contributed by atoms with E-state index in [0.29, 0.717) is 13.0 Å². The highest BCUT2D eigenvalue weighted by atomic mass is 79.9. The summed E-state index contributed by atoms with van der Waals surface area (Å²) in [4.78, 5) is 11.4. The first kappa shape index (κ1) is 13.0. The van der Waals surface area contributed by atoms with Gasteiger partial charge in [-0.2, -0.15) is 0 Å². The number of methoxy groups -OCH3 is 2. The Balaban J connectivity index is 2.61. The lowest BCUT2D eigenvalue weighted by molar-refractivity contribution is -0.117. The summed E-state index contributed by atoms with van der Waals surface area (Å²) in [6.45, 7) is 0.420. The maximum atomic E-state index is 11.4. The molecule has 0 unspecified atom stereocenters. The molecule has 0 aliphatic carbocycles. The van der Waals surface area contributed by atoms with Crippen LogP contribution in [0.2, 0.25) is 0 Å². The van der Waals surface area contributed by atoms with Crippen LogP contribution >= 0.6 is 15.9 Å². The monoisotopic (exact) mass is 287 g/mol. The van der Waals surface area contributed by atoms with E-state index >= 15 is 0 Å². The molecular formula is C11H14BrNO3. The zero-order chi connectivity index (χ0) is 12.0. The van der Waals surface area contributed by atoms with Gasteiger partial charge in [0.15, 0.2) is 0 Å². The van der Waals surface area contributed by atoms with E-state index in [1.165, 1.54) is 0 Å². The summed E-state index contributed by atoms with van der Waals surface area (Å²) in [6, 6.07) is 5.37. The van der Waals surface area contributed by atoms with Gasteiger partial charge in [0.25, 0.3) is 0 Å². The number of hydrogen-bond acceptors (Lipinski definition) is 3. The van der Waals surface area contributed by atoms with E-state index in [1.807, 2.05) is 0 Å². The molecule has 4 nitrogen and oxygen atoms in total. The van der Waals surface area contributed by atoms with Gasteiger partial charge in [-0.15, -0.1) is 0 Å². The van der Waals surface area contributed by atoms with Crippen molar-refractivity contribution in [3.8, 4) is 5.75 Å². The zero-order valence-corrected chi connectivity index (χ0v) is 10.8. The normalized spacial score (nSPS) is 9.94. The molecule has 0 saturated heterocycles. The van der Waals surface area contributed by atoms with Crippen LogP contribution in [0, 0.1) is 0 Å². The first-order valence-corrected chi connectivity index (χ1v) is 5.59. The number of nitrogens with one attached hydrogen (secondary N) is 1. The first-order chi connectivity index (χ1) is 7.67. The van der Waals surface area contributed by atoms with Crippen molar-refractivity contribution in [1.29, 1.82) is 0 Å². The molecule has 0 heterocycles. The van der Waals surface area contributed by atoms with Crippen molar-refractivity contribution >= 4 is 27.5 Å². The van der Waals surface area contributed by atoms with Crippen molar-refractivity contribution in [3.63, 3.8) is 0 Å². The molecule has 5 heteroatoms. The summed E-state index contributed by atoms with van der Waals surface area (Å²) in [5.74, 6) is 0.661. The van der Waals surface area contributed by atoms with E-state index in [2.05, 4.69) is 21.2 Å². The summed E-state index contributed by atoms with van der Waals surface area (Å²) >= 11 is 3.35. The van der Waals surface area contributed by atoms with Gasteiger partial charge in [-0.25, -0.2) is 0 Å². The van der Waals surface area contributed by atoms with E-state index in [4.69, 9.17) is 9.47 Å². The minimum atomic E-state index is -0.0704. The fraction of sp³-hybridized carbons (Fsp3) is 0.364. The van der Waals surface area contributed by atoms with Crippen molar-refractivity contribution in [2.24, 2.45) is 0 Å². The maximum Gasteiger partial charge on any atom is 0.226 e. The number of amides is 1. The Morgan fingerprint density at radius 3 is 2.75 bits per heavy atom. The van der Waals surface area contributed by atoms with E-state index < -0.39 is 0 Å². The van der Waals surface area contributed by atoms with Gasteiger partial charge in [0.05, 0.1) is 24.6 Å². The molecule has 0 spiro atoms. The second-order valence-corrected chi connectivity index (χ2v) is 3.99. The molecule has 16 heavy (non-hydrogen) atoms. The molecule has 0 aromatic heterocycles. The number of hydrogen-bond donors (Lipinski definition) is 1. The van der Waals surface area contributed by atoms with E-state index in [1.54, 1.807) is 32.4 Å². The van der Waals surface area contributed by atoms with Crippen LogP contribution in [-0.4, -0.2) is 26.7 Å². The first-order valence-electron chi connectivity index (χ1n) is 4.79. The highest BCUT2D eigenvalue weighted by Crippen LogP contribution is 2.27. The second-order valence-electron chi connectivity index (χ2n) is 3.14. The molecule has 0 radical (unpaired) electrons. The Hall–Kier alpha value is -1.07. The van der Waals surface area contributed by atoms with Crippen LogP contribution in [0.15, 0.2) is 22.7 Å². The lowest BCUT2D eigenvalue weighted by Gasteiger charge is -2.07. The van der Waals surface area contributed by atoms with Crippen molar-refractivity contribution in [1.82, 2.24) is 0 Å². The van der Waals surface area contributed by atoms with Crippen LogP contribution < -0.4 is 10.1 Å². The van der Waals surface area contributed by atoms with E-state index in [9.17, 15) is 4.79 Å². The number of benzene rings is 1. The van der Waals surface area contributed by atoms with Crippen LogP contribution in [-0.2, 0) is 9.53 Å². The van der Waals surface area contributed by atoms with E-state index in [-0.39, 0.29) is 5.91 Å². The van der Waals surface area contributed by atoms with Crippen molar-refractivity contribution in [3.05, 3.63) is 22.7 Å². The molecule has 0 aliphatic heterocycles. The van der Waals surface area contributed by atoms with Crippen LogP contribution in [0.5, 0.6) is 5.75 Å². The lowest BCUT2D eigenvalue weighted by atomic mass is 10.3. The third-order valence-corrected chi connectivity index (χ3v) is 2.59. The number of carbonyl (C=O) groups is 1. The van der Waals surface area contributed by atoms with Gasteiger partial charge in [0, 0.05) is 12.8 Å². The molecule has 1 aromatic carbocycles. The fourth-order valence-electron chi connectivity index (χ4n) is 1.16. The second kappa shape index (κ2) is 6.50. The minimum Gasteiger partial charge on any atom is -0.496 e. The topological polar surface area (TPSA) is 47.6 Å². The minimum absolute atomic E-state index is 0.0704. The SMILES string of the molecule is COCCC(=O)Nc1ccc(OC)c(Br)c1. The third kappa shape index (κ3) is 3.83. The Kier molecular flexibility index (Phi) is 5.28. The van der Waals surface area contributed by atoms with Gasteiger partial charge in [-0.3, -0.25) is 4.79 Å². The summed E-state index contributed by atoms with van der Waals surface area (Å²) in [7, 11) is 3.16. The summed E-state index contributed by atoms with van der Waals surface area (Å²) < 4.78 is 10.7. The summed E-state index contributed by atoms with van der Waals surface area (Å²) in [5.41, 5.74) is 0.730. The number of halogens is 1. The third-order valence-electron chi connectivity index (χ3n) is 1.97. The smallest absolute Gasteiger partial charge is 0.226 e. The number of rotatable bonds is 5. The lowest BCUT2D eigenvalue weighted by Crippen LogP contribution is -2.13. The predicted molar refractivity (Wildman–Crippen MR) is 65.8 cm³/mol. The van der Waals surface area contributed by atoms with Gasteiger partial charge in [0.2, 0.25) is 5.91 Å². The van der Waals surface area contributed by atoms with Crippen LogP contribution in [0.1, 0.15) is 6.42 Å². The van der Waals surface area contributed by atoms with Crippen molar-refractivity contribution in [2.45, 2.75) is 6.42 Å². The standard InChI is InChI=1S/C11H14BrNO3/c1-15-6-5-11(14)13-8-3-4-10(16-2)9(12)7-8/h3-4,7H,5-6H2,1-2H3,(H,13,14). The Bertz CT molecular complexity index is 368. The Morgan fingerprint density at radius 2 is 2.19 bits per heavy atom. The van der Waals surface area contributed by atoms with Gasteiger partial charge in [0.1, 0.15) is 5.75 Å². The summed E-state index contributed by atoms with van der Waals surface area (Å²) in [5, 5.41) is 2.76. The van der Waals surface area contributed by atoms with Crippen molar-refractivity contribution in [2.75, 3.05) is 26.1 Å². The average molecular weight is 288 g/mol. The van der Waals surface area contributed by atoms with Crippen LogP contribution in [0.3, 0.4) is 0 Å². The number of carbonyl (C=O) groups excluding carboxylic acids is 1. The average Bonchev–Trinajstić information content (AvgIpc) is 2.26. The van der Waals surface area contributed by atoms with Crippen LogP contribution in [0.25, 0.3) is 0 Å².